The molecule has 5 nitrogen and oxygen atoms in total. The molecule has 0 spiro atoms. The number of likely N-dealkylation sites (N-methyl/N-ethyl adjacent to an activating group) is 1. The van der Waals surface area contributed by atoms with E-state index in [1.807, 2.05) is 50.2 Å². The summed E-state index contributed by atoms with van der Waals surface area (Å²) >= 11 is 6.23. The van der Waals surface area contributed by atoms with Gasteiger partial charge in [-0.2, -0.15) is 0 Å². The van der Waals surface area contributed by atoms with E-state index < -0.39 is 6.04 Å². The number of hydrogen-bond acceptors (Lipinski definition) is 3. The Morgan fingerprint density at radius 3 is 2.52 bits per heavy atom. The number of benzene rings is 2. The van der Waals surface area contributed by atoms with Gasteiger partial charge in [0, 0.05) is 18.6 Å². The van der Waals surface area contributed by atoms with Crippen molar-refractivity contribution in [1.82, 2.24) is 10.2 Å². The number of amides is 2. The van der Waals surface area contributed by atoms with Gasteiger partial charge in [-0.05, 0) is 44.0 Å². The molecule has 0 aliphatic heterocycles. The molecule has 2 amide bonds. The normalized spacial score (nSPS) is 11.6. The molecule has 0 aliphatic carbocycles. The highest BCUT2D eigenvalue weighted by Crippen LogP contribution is 2.21. The van der Waals surface area contributed by atoms with E-state index in [1.54, 1.807) is 20.0 Å². The fourth-order valence-electron chi connectivity index (χ4n) is 2.79. The van der Waals surface area contributed by atoms with E-state index in [-0.39, 0.29) is 25.0 Å². The molecule has 0 aromatic heterocycles. The molecule has 2 aromatic carbocycles. The zero-order valence-electron chi connectivity index (χ0n) is 16.1. The second-order valence-corrected chi connectivity index (χ2v) is 6.87. The standard InChI is InChI=1S/C21H25ClN2O3/c1-14-9-10-19(15(2)11-14)27-13-20(25)24(16(3)21(26)23-4)12-17-7-5-6-8-18(17)22/h5-11,16H,12-13H2,1-4H3,(H,23,26)/t16-/m1/s1. The summed E-state index contributed by atoms with van der Waals surface area (Å²) in [5.41, 5.74) is 2.86. The van der Waals surface area contributed by atoms with Gasteiger partial charge < -0.3 is 15.0 Å². The van der Waals surface area contributed by atoms with Crippen LogP contribution < -0.4 is 10.1 Å². The Balaban J connectivity index is 2.17. The predicted molar refractivity (Wildman–Crippen MR) is 107 cm³/mol. The van der Waals surface area contributed by atoms with E-state index >= 15 is 0 Å². The highest BCUT2D eigenvalue weighted by atomic mass is 35.5. The first-order valence-corrected chi connectivity index (χ1v) is 9.15. The molecule has 0 saturated carbocycles. The molecule has 1 atom stereocenters. The summed E-state index contributed by atoms with van der Waals surface area (Å²) < 4.78 is 5.71. The summed E-state index contributed by atoms with van der Waals surface area (Å²) in [5, 5.41) is 3.13. The summed E-state index contributed by atoms with van der Waals surface area (Å²) in [7, 11) is 1.54. The fraction of sp³-hybridized carbons (Fsp3) is 0.333. The Bertz CT molecular complexity index is 823. The quantitative estimate of drug-likeness (QED) is 0.789. The van der Waals surface area contributed by atoms with Gasteiger partial charge in [-0.25, -0.2) is 0 Å². The molecule has 0 heterocycles. The van der Waals surface area contributed by atoms with Crippen LogP contribution in [-0.2, 0) is 16.1 Å². The lowest BCUT2D eigenvalue weighted by Crippen LogP contribution is -2.48. The van der Waals surface area contributed by atoms with Gasteiger partial charge in [0.1, 0.15) is 11.8 Å². The van der Waals surface area contributed by atoms with Crippen LogP contribution in [0.1, 0.15) is 23.6 Å². The first-order chi connectivity index (χ1) is 12.8. The van der Waals surface area contributed by atoms with Crippen LogP contribution in [0, 0.1) is 13.8 Å². The summed E-state index contributed by atoms with van der Waals surface area (Å²) in [5.74, 6) is 0.118. The number of carbonyl (C=O) groups excluding carboxylic acids is 2. The maximum absolute atomic E-state index is 12.9. The second-order valence-electron chi connectivity index (χ2n) is 6.46. The Kier molecular flexibility index (Phi) is 7.25. The van der Waals surface area contributed by atoms with E-state index in [4.69, 9.17) is 16.3 Å². The molecule has 0 unspecified atom stereocenters. The van der Waals surface area contributed by atoms with Gasteiger partial charge >= 0.3 is 0 Å². The number of nitrogens with zero attached hydrogens (tertiary/aromatic N) is 1. The zero-order valence-corrected chi connectivity index (χ0v) is 16.8. The molecule has 0 fully saturated rings. The van der Waals surface area contributed by atoms with Crippen molar-refractivity contribution < 1.29 is 14.3 Å². The number of halogens is 1. The van der Waals surface area contributed by atoms with Crippen molar-refractivity contribution in [2.75, 3.05) is 13.7 Å². The Morgan fingerprint density at radius 2 is 1.89 bits per heavy atom. The van der Waals surface area contributed by atoms with Crippen molar-refractivity contribution in [2.24, 2.45) is 0 Å². The van der Waals surface area contributed by atoms with Gasteiger partial charge in [-0.1, -0.05) is 47.5 Å². The number of nitrogens with one attached hydrogen (secondary N) is 1. The first kappa shape index (κ1) is 20.8. The number of ether oxygens (including phenoxy) is 1. The third-order valence-electron chi connectivity index (χ3n) is 4.39. The molecule has 6 heteroatoms. The van der Waals surface area contributed by atoms with E-state index in [1.165, 1.54) is 4.90 Å². The van der Waals surface area contributed by atoms with E-state index in [9.17, 15) is 9.59 Å². The average Bonchev–Trinajstić information content (AvgIpc) is 2.65. The summed E-state index contributed by atoms with van der Waals surface area (Å²) in [6.07, 6.45) is 0. The topological polar surface area (TPSA) is 58.6 Å². The van der Waals surface area contributed by atoms with Gasteiger partial charge in [0.05, 0.1) is 0 Å². The van der Waals surface area contributed by atoms with Gasteiger partial charge in [-0.3, -0.25) is 9.59 Å². The maximum atomic E-state index is 12.9. The number of hydrogen-bond donors (Lipinski definition) is 1. The van der Waals surface area contributed by atoms with Crippen LogP contribution in [0.15, 0.2) is 42.5 Å². The van der Waals surface area contributed by atoms with Crippen LogP contribution >= 0.6 is 11.6 Å². The monoisotopic (exact) mass is 388 g/mol. The SMILES string of the molecule is CNC(=O)[C@@H](C)N(Cc1ccccc1Cl)C(=O)COc1ccc(C)cc1C. The third kappa shape index (κ3) is 5.47. The van der Waals surface area contributed by atoms with Crippen LogP contribution in [0.3, 0.4) is 0 Å². The van der Waals surface area contributed by atoms with E-state index in [0.29, 0.717) is 10.8 Å². The second kappa shape index (κ2) is 9.42. The van der Waals surface area contributed by atoms with Crippen LogP contribution in [0.25, 0.3) is 0 Å². The predicted octanol–water partition coefficient (Wildman–Crippen LogP) is 3.50. The highest BCUT2D eigenvalue weighted by Gasteiger charge is 2.26. The molecule has 2 aromatic rings. The van der Waals surface area contributed by atoms with Crippen LogP contribution in [0.4, 0.5) is 0 Å². The minimum atomic E-state index is -0.651. The minimum absolute atomic E-state index is 0.157. The van der Waals surface area contributed by atoms with Crippen LogP contribution in [-0.4, -0.2) is 36.4 Å². The molecule has 1 N–H and O–H groups in total. The molecular weight excluding hydrogens is 364 g/mol. The molecular formula is C21H25ClN2O3. The van der Waals surface area contributed by atoms with Gasteiger partial charge in [0.15, 0.2) is 6.61 Å². The summed E-state index contributed by atoms with van der Waals surface area (Å²) in [4.78, 5) is 26.4. The van der Waals surface area contributed by atoms with Gasteiger partial charge in [-0.15, -0.1) is 0 Å². The van der Waals surface area contributed by atoms with E-state index in [2.05, 4.69) is 5.32 Å². The largest absolute Gasteiger partial charge is 0.483 e. The van der Waals surface area contributed by atoms with Crippen molar-refractivity contribution in [3.63, 3.8) is 0 Å². The number of rotatable bonds is 7. The number of aryl methyl sites for hydroxylation is 2. The van der Waals surface area contributed by atoms with Crippen molar-refractivity contribution in [3.05, 3.63) is 64.2 Å². The summed E-state index contributed by atoms with van der Waals surface area (Å²) in [6.45, 7) is 5.68. The Labute approximate surface area is 165 Å². The lowest BCUT2D eigenvalue weighted by atomic mass is 10.1. The minimum Gasteiger partial charge on any atom is -0.483 e. The molecule has 0 saturated heterocycles. The van der Waals surface area contributed by atoms with Gasteiger partial charge in [0.25, 0.3) is 5.91 Å². The summed E-state index contributed by atoms with van der Waals surface area (Å²) in [6, 6.07) is 12.4. The van der Waals surface area contributed by atoms with E-state index in [0.717, 1.165) is 16.7 Å². The molecule has 0 radical (unpaired) electrons. The molecule has 0 bridgehead atoms. The molecule has 2 rings (SSSR count). The fourth-order valence-corrected chi connectivity index (χ4v) is 2.98. The van der Waals surface area contributed by atoms with Crippen LogP contribution in [0.2, 0.25) is 5.02 Å². The third-order valence-corrected chi connectivity index (χ3v) is 4.76. The molecule has 0 aliphatic rings. The highest BCUT2D eigenvalue weighted by molar-refractivity contribution is 6.31. The lowest BCUT2D eigenvalue weighted by Gasteiger charge is -2.28. The average molecular weight is 389 g/mol. The van der Waals surface area contributed by atoms with Crippen molar-refractivity contribution in [3.8, 4) is 5.75 Å². The van der Waals surface area contributed by atoms with Crippen LogP contribution in [0.5, 0.6) is 5.75 Å². The number of carbonyl (C=O) groups is 2. The van der Waals surface area contributed by atoms with Crippen molar-refractivity contribution >= 4 is 23.4 Å². The van der Waals surface area contributed by atoms with Gasteiger partial charge in [0.2, 0.25) is 5.91 Å². The Morgan fingerprint density at radius 1 is 1.19 bits per heavy atom. The molecule has 27 heavy (non-hydrogen) atoms. The zero-order chi connectivity index (χ0) is 20.0. The first-order valence-electron chi connectivity index (χ1n) is 8.78. The smallest absolute Gasteiger partial charge is 0.261 e. The lowest BCUT2D eigenvalue weighted by molar-refractivity contribution is -0.142. The van der Waals surface area contributed by atoms with Crippen molar-refractivity contribution in [2.45, 2.75) is 33.4 Å². The maximum Gasteiger partial charge on any atom is 0.261 e. The molecule has 144 valence electrons. The van der Waals surface area contributed by atoms with Crippen molar-refractivity contribution in [1.29, 1.82) is 0 Å². The Hall–Kier alpha value is -2.53.